The number of hydrogen-bond donors (Lipinski definition) is 2. The molecule has 2 heterocycles. The summed E-state index contributed by atoms with van der Waals surface area (Å²) < 4.78 is 1.73. The van der Waals surface area contributed by atoms with Gasteiger partial charge in [-0.15, -0.1) is 0 Å². The van der Waals surface area contributed by atoms with E-state index in [-0.39, 0.29) is 17.5 Å². The van der Waals surface area contributed by atoms with E-state index in [0.29, 0.717) is 21.7 Å². The molecule has 3 aromatic rings. The van der Waals surface area contributed by atoms with E-state index in [1.807, 2.05) is 19.9 Å². The number of aromatic hydroxyl groups is 1. The minimum absolute atomic E-state index is 0.0626. The van der Waals surface area contributed by atoms with Crippen molar-refractivity contribution in [2.45, 2.75) is 32.7 Å². The third-order valence-corrected chi connectivity index (χ3v) is 4.42. The lowest BCUT2D eigenvalue weighted by Crippen LogP contribution is -2.21. The minimum atomic E-state index is -0.190. The average molecular weight is 332 g/mol. The fraction of sp³-hybridized carbons (Fsp3) is 0.294. The van der Waals surface area contributed by atoms with Gasteiger partial charge in [0.05, 0.1) is 10.5 Å². The van der Waals surface area contributed by atoms with Gasteiger partial charge in [0, 0.05) is 17.8 Å². The second-order valence-electron chi connectivity index (χ2n) is 5.50. The Morgan fingerprint density at radius 1 is 1.35 bits per heavy atom. The highest BCUT2D eigenvalue weighted by Crippen LogP contribution is 2.36. The summed E-state index contributed by atoms with van der Waals surface area (Å²) in [6.45, 7) is 4.09. The number of halogens is 1. The van der Waals surface area contributed by atoms with E-state index in [1.165, 1.54) is 6.20 Å². The van der Waals surface area contributed by atoms with Crippen LogP contribution in [0.1, 0.15) is 32.7 Å². The molecule has 0 aliphatic carbocycles. The maximum absolute atomic E-state index is 12.4. The van der Waals surface area contributed by atoms with Crippen molar-refractivity contribution in [3.63, 3.8) is 0 Å². The highest BCUT2D eigenvalue weighted by Gasteiger charge is 2.20. The van der Waals surface area contributed by atoms with Crippen LogP contribution in [0, 0.1) is 0 Å². The molecule has 0 bridgehead atoms. The number of aromatic nitrogens is 3. The molecule has 0 atom stereocenters. The number of fused-ring (bicyclic) bond motifs is 1. The number of benzene rings is 1. The van der Waals surface area contributed by atoms with E-state index in [0.717, 1.165) is 18.4 Å². The fourth-order valence-corrected chi connectivity index (χ4v) is 3.25. The molecule has 2 N–H and O–H groups in total. The first kappa shape index (κ1) is 15.6. The van der Waals surface area contributed by atoms with Gasteiger partial charge in [-0.1, -0.05) is 37.6 Å². The molecule has 120 valence electrons. The Morgan fingerprint density at radius 2 is 2.09 bits per heavy atom. The predicted octanol–water partition coefficient (Wildman–Crippen LogP) is 4.11. The number of pyridine rings is 1. The largest absolute Gasteiger partial charge is 0.508 e. The maximum Gasteiger partial charge on any atom is 0.327 e. The van der Waals surface area contributed by atoms with Crippen molar-refractivity contribution in [3.8, 4) is 16.9 Å². The Morgan fingerprint density at radius 3 is 2.74 bits per heavy atom. The molecule has 0 fully saturated rings. The van der Waals surface area contributed by atoms with Gasteiger partial charge in [0.1, 0.15) is 5.75 Å². The van der Waals surface area contributed by atoms with Gasteiger partial charge in [-0.05, 0) is 30.5 Å². The Bertz CT molecular complexity index is 910. The van der Waals surface area contributed by atoms with Crippen LogP contribution in [0.4, 0.5) is 0 Å². The van der Waals surface area contributed by atoms with Crippen molar-refractivity contribution >= 4 is 22.8 Å². The first-order chi connectivity index (χ1) is 11.1. The first-order valence-corrected chi connectivity index (χ1v) is 8.02. The Kier molecular flexibility index (Phi) is 4.13. The minimum Gasteiger partial charge on any atom is -0.508 e. The number of rotatable bonds is 4. The quantitative estimate of drug-likeness (QED) is 0.755. The summed E-state index contributed by atoms with van der Waals surface area (Å²) in [6.07, 6.45) is 3.18. The Hall–Kier alpha value is -2.27. The summed E-state index contributed by atoms with van der Waals surface area (Å²) in [6, 6.07) is 6.90. The van der Waals surface area contributed by atoms with Crippen LogP contribution in [-0.2, 0) is 0 Å². The monoisotopic (exact) mass is 331 g/mol. The standard InChI is InChI=1S/C17H18ClN3O2/c1-3-11(4-2)21-15-14(10-6-5-7-12(22)8-10)13(18)9-19-16(15)20-17(21)23/h5-9,11,22H,3-4H2,1-2H3,(H,19,20,23). The zero-order chi connectivity index (χ0) is 16.6. The van der Waals surface area contributed by atoms with E-state index >= 15 is 0 Å². The van der Waals surface area contributed by atoms with Gasteiger partial charge in [0.2, 0.25) is 0 Å². The third kappa shape index (κ3) is 2.61. The second-order valence-corrected chi connectivity index (χ2v) is 5.91. The molecule has 23 heavy (non-hydrogen) atoms. The highest BCUT2D eigenvalue weighted by molar-refractivity contribution is 6.34. The molecule has 1 aromatic carbocycles. The van der Waals surface area contributed by atoms with Gasteiger partial charge in [0.15, 0.2) is 5.65 Å². The lowest BCUT2D eigenvalue weighted by molar-refractivity contribution is 0.471. The fourth-order valence-electron chi connectivity index (χ4n) is 3.01. The zero-order valence-electron chi connectivity index (χ0n) is 13.0. The summed E-state index contributed by atoms with van der Waals surface area (Å²) in [4.78, 5) is 19.5. The summed E-state index contributed by atoms with van der Waals surface area (Å²) >= 11 is 6.39. The van der Waals surface area contributed by atoms with Gasteiger partial charge >= 0.3 is 5.69 Å². The van der Waals surface area contributed by atoms with Crippen molar-refractivity contribution in [3.05, 3.63) is 46.0 Å². The number of nitrogens with one attached hydrogen (secondary N) is 1. The molecule has 6 heteroatoms. The number of H-pyrrole nitrogens is 1. The van der Waals surface area contributed by atoms with Crippen LogP contribution in [0.2, 0.25) is 5.02 Å². The second kappa shape index (κ2) is 6.08. The van der Waals surface area contributed by atoms with Crippen LogP contribution in [0.25, 0.3) is 22.3 Å². The number of imidazole rings is 1. The van der Waals surface area contributed by atoms with Gasteiger partial charge < -0.3 is 5.11 Å². The molecule has 3 rings (SSSR count). The van der Waals surface area contributed by atoms with Crippen molar-refractivity contribution in [2.75, 3.05) is 0 Å². The molecular formula is C17H18ClN3O2. The molecule has 0 aliphatic heterocycles. The van der Waals surface area contributed by atoms with Crippen molar-refractivity contribution in [1.82, 2.24) is 14.5 Å². The van der Waals surface area contributed by atoms with Crippen LogP contribution in [0.15, 0.2) is 35.3 Å². The Labute approximate surface area is 138 Å². The van der Waals surface area contributed by atoms with Crippen molar-refractivity contribution in [1.29, 1.82) is 0 Å². The smallest absolute Gasteiger partial charge is 0.327 e. The molecule has 0 radical (unpaired) electrons. The first-order valence-electron chi connectivity index (χ1n) is 7.64. The third-order valence-electron chi connectivity index (χ3n) is 4.13. The summed E-state index contributed by atoms with van der Waals surface area (Å²) in [5.74, 6) is 0.149. The molecule has 0 unspecified atom stereocenters. The molecule has 0 amide bonds. The van der Waals surface area contributed by atoms with Gasteiger partial charge in [0.25, 0.3) is 0 Å². The normalized spacial score (nSPS) is 11.5. The Balaban J connectivity index is 2.41. The van der Waals surface area contributed by atoms with Crippen LogP contribution in [-0.4, -0.2) is 19.6 Å². The molecule has 5 nitrogen and oxygen atoms in total. The van der Waals surface area contributed by atoms with E-state index in [1.54, 1.807) is 22.8 Å². The zero-order valence-corrected chi connectivity index (χ0v) is 13.8. The van der Waals surface area contributed by atoms with Gasteiger partial charge in [-0.25, -0.2) is 9.78 Å². The van der Waals surface area contributed by atoms with Gasteiger partial charge in [-0.3, -0.25) is 9.55 Å². The van der Waals surface area contributed by atoms with Crippen LogP contribution < -0.4 is 5.69 Å². The number of aromatic amines is 1. The molecule has 0 saturated heterocycles. The van der Waals surface area contributed by atoms with E-state index < -0.39 is 0 Å². The van der Waals surface area contributed by atoms with Gasteiger partial charge in [-0.2, -0.15) is 0 Å². The molecule has 0 aliphatic rings. The lowest BCUT2D eigenvalue weighted by atomic mass is 10.0. The lowest BCUT2D eigenvalue weighted by Gasteiger charge is -2.17. The molecule has 0 saturated carbocycles. The number of phenols is 1. The average Bonchev–Trinajstić information content (AvgIpc) is 2.85. The highest BCUT2D eigenvalue weighted by atomic mass is 35.5. The van der Waals surface area contributed by atoms with E-state index in [4.69, 9.17) is 11.6 Å². The topological polar surface area (TPSA) is 70.9 Å². The van der Waals surface area contributed by atoms with Crippen LogP contribution >= 0.6 is 11.6 Å². The molecular weight excluding hydrogens is 314 g/mol. The van der Waals surface area contributed by atoms with E-state index in [2.05, 4.69) is 9.97 Å². The number of phenolic OH excluding ortho intramolecular Hbond substituents is 1. The predicted molar refractivity (Wildman–Crippen MR) is 92.1 cm³/mol. The van der Waals surface area contributed by atoms with Crippen molar-refractivity contribution in [2.24, 2.45) is 0 Å². The van der Waals surface area contributed by atoms with Crippen LogP contribution in [0.5, 0.6) is 5.75 Å². The summed E-state index contributed by atoms with van der Waals surface area (Å²) in [5, 5.41) is 10.2. The maximum atomic E-state index is 12.4. The molecule has 0 spiro atoms. The van der Waals surface area contributed by atoms with Crippen LogP contribution in [0.3, 0.4) is 0 Å². The number of hydrogen-bond acceptors (Lipinski definition) is 3. The van der Waals surface area contributed by atoms with E-state index in [9.17, 15) is 9.90 Å². The number of nitrogens with zero attached hydrogens (tertiary/aromatic N) is 2. The van der Waals surface area contributed by atoms with Crippen molar-refractivity contribution < 1.29 is 5.11 Å². The summed E-state index contributed by atoms with van der Waals surface area (Å²) in [7, 11) is 0. The molecule has 2 aromatic heterocycles. The SMILES string of the molecule is CCC(CC)n1c(=O)[nH]c2ncc(Cl)c(-c3cccc(O)c3)c21. The summed E-state index contributed by atoms with van der Waals surface area (Å²) in [5.41, 5.74) is 2.45.